The lowest BCUT2D eigenvalue weighted by Crippen LogP contribution is -2.42. The number of aryl methyl sites for hydroxylation is 2. The first-order valence-corrected chi connectivity index (χ1v) is 7.68. The van der Waals surface area contributed by atoms with Crippen molar-refractivity contribution in [3.63, 3.8) is 0 Å². The lowest BCUT2D eigenvalue weighted by atomic mass is 10.0. The van der Waals surface area contributed by atoms with Gasteiger partial charge in [0.1, 0.15) is 5.58 Å². The number of furan rings is 1. The molecule has 0 saturated carbocycles. The molecule has 0 aliphatic carbocycles. The van der Waals surface area contributed by atoms with E-state index in [0.29, 0.717) is 19.5 Å². The predicted molar refractivity (Wildman–Crippen MR) is 87.9 cm³/mol. The van der Waals surface area contributed by atoms with Crippen molar-refractivity contribution in [2.45, 2.75) is 46.6 Å². The van der Waals surface area contributed by atoms with Gasteiger partial charge in [-0.2, -0.15) is 0 Å². The Kier molecular flexibility index (Phi) is 4.61. The first-order valence-electron chi connectivity index (χ1n) is 7.68. The summed E-state index contributed by atoms with van der Waals surface area (Å²) < 4.78 is 5.58. The van der Waals surface area contributed by atoms with Gasteiger partial charge in [-0.15, -0.1) is 0 Å². The lowest BCUT2D eigenvalue weighted by molar-refractivity contribution is -0.133. The van der Waals surface area contributed by atoms with E-state index >= 15 is 0 Å². The molecule has 1 aromatic heterocycles. The van der Waals surface area contributed by atoms with Crippen LogP contribution in [0.25, 0.3) is 11.0 Å². The number of carbonyl (C=O) groups excluding carboxylic acids is 1. The van der Waals surface area contributed by atoms with Crippen molar-refractivity contribution in [2.24, 2.45) is 0 Å². The minimum atomic E-state index is -0.891. The van der Waals surface area contributed by atoms with Crippen molar-refractivity contribution in [1.82, 2.24) is 4.90 Å². The number of hydrogen-bond donors (Lipinski definition) is 1. The zero-order valence-corrected chi connectivity index (χ0v) is 14.1. The Morgan fingerprint density at radius 3 is 2.50 bits per heavy atom. The second kappa shape index (κ2) is 6.13. The van der Waals surface area contributed by atoms with E-state index in [2.05, 4.69) is 13.0 Å². The van der Waals surface area contributed by atoms with Crippen LogP contribution in [0.5, 0.6) is 0 Å². The van der Waals surface area contributed by atoms with Gasteiger partial charge in [-0.3, -0.25) is 4.79 Å². The van der Waals surface area contributed by atoms with Gasteiger partial charge in [-0.1, -0.05) is 0 Å². The van der Waals surface area contributed by atoms with Crippen LogP contribution in [-0.2, 0) is 11.2 Å². The van der Waals surface area contributed by atoms with Crippen LogP contribution in [0.4, 0.5) is 0 Å². The van der Waals surface area contributed by atoms with Gasteiger partial charge in [-0.05, 0) is 57.9 Å². The summed E-state index contributed by atoms with van der Waals surface area (Å²) in [5, 5.41) is 10.9. The number of amides is 1. The Morgan fingerprint density at radius 1 is 1.27 bits per heavy atom. The Hall–Kier alpha value is -1.81. The number of rotatable bonds is 5. The molecule has 1 heterocycles. The molecule has 1 amide bonds. The number of aliphatic hydroxyl groups is 1. The maximum Gasteiger partial charge on any atom is 0.227 e. The molecule has 0 aliphatic rings. The summed E-state index contributed by atoms with van der Waals surface area (Å²) >= 11 is 0. The minimum Gasteiger partial charge on any atom is -0.464 e. The normalized spacial score (nSPS) is 11.9. The fourth-order valence-electron chi connectivity index (χ4n) is 2.59. The Balaban J connectivity index is 2.23. The minimum absolute atomic E-state index is 0.00514. The van der Waals surface area contributed by atoms with Gasteiger partial charge >= 0.3 is 0 Å². The molecule has 120 valence electrons. The molecular formula is C18H25NO3. The van der Waals surface area contributed by atoms with E-state index in [9.17, 15) is 9.90 Å². The molecule has 22 heavy (non-hydrogen) atoms. The molecular weight excluding hydrogens is 278 g/mol. The highest BCUT2D eigenvalue weighted by atomic mass is 16.3. The molecule has 2 aromatic rings. The summed E-state index contributed by atoms with van der Waals surface area (Å²) in [5.41, 5.74) is 3.19. The topological polar surface area (TPSA) is 53.7 Å². The Morgan fingerprint density at radius 2 is 1.91 bits per heavy atom. The van der Waals surface area contributed by atoms with Crippen LogP contribution in [0, 0.1) is 13.8 Å². The molecule has 0 bridgehead atoms. The summed E-state index contributed by atoms with van der Waals surface area (Å²) in [7, 11) is 0. The average molecular weight is 303 g/mol. The molecule has 0 aliphatic heterocycles. The van der Waals surface area contributed by atoms with E-state index in [-0.39, 0.29) is 5.91 Å². The monoisotopic (exact) mass is 303 g/mol. The second-order valence-corrected chi connectivity index (χ2v) is 6.59. The molecule has 0 fully saturated rings. The first-order chi connectivity index (χ1) is 10.2. The molecule has 0 saturated heterocycles. The van der Waals surface area contributed by atoms with Gasteiger partial charge in [0.25, 0.3) is 0 Å². The SMILES string of the molecule is CCN(CC(C)(C)O)C(=O)Cc1coc2cc(C)c(C)cc12. The third kappa shape index (κ3) is 3.69. The standard InChI is InChI=1S/C18H25NO3/c1-6-19(11-18(4,5)21)17(20)9-14-10-22-16-8-13(3)12(2)7-15(14)16/h7-8,10,21H,6,9,11H2,1-5H3. The summed E-state index contributed by atoms with van der Waals surface area (Å²) in [5.74, 6) is 0.00514. The highest BCUT2D eigenvalue weighted by Gasteiger charge is 2.22. The maximum absolute atomic E-state index is 12.5. The number of nitrogens with zero attached hydrogens (tertiary/aromatic N) is 1. The summed E-state index contributed by atoms with van der Waals surface area (Å²) in [6, 6.07) is 4.08. The number of fused-ring (bicyclic) bond motifs is 1. The van der Waals surface area contributed by atoms with E-state index in [1.165, 1.54) is 11.1 Å². The van der Waals surface area contributed by atoms with Crippen LogP contribution >= 0.6 is 0 Å². The number of likely N-dealkylation sites (N-methyl/N-ethyl adjacent to an activating group) is 1. The smallest absolute Gasteiger partial charge is 0.227 e. The average Bonchev–Trinajstić information content (AvgIpc) is 2.78. The molecule has 0 atom stereocenters. The zero-order chi connectivity index (χ0) is 16.5. The molecule has 0 unspecified atom stereocenters. The van der Waals surface area contributed by atoms with Crippen LogP contribution in [0.2, 0.25) is 0 Å². The summed E-state index contributed by atoms with van der Waals surface area (Å²) in [6.45, 7) is 10.4. The molecule has 1 N–H and O–H groups in total. The highest BCUT2D eigenvalue weighted by molar-refractivity contribution is 5.88. The van der Waals surface area contributed by atoms with E-state index in [4.69, 9.17) is 4.42 Å². The van der Waals surface area contributed by atoms with Crippen LogP contribution < -0.4 is 0 Å². The van der Waals surface area contributed by atoms with E-state index in [1.807, 2.05) is 19.9 Å². The molecule has 1 aromatic carbocycles. The lowest BCUT2D eigenvalue weighted by Gasteiger charge is -2.28. The third-order valence-electron chi connectivity index (χ3n) is 3.92. The van der Waals surface area contributed by atoms with E-state index in [1.54, 1.807) is 25.0 Å². The van der Waals surface area contributed by atoms with Crippen LogP contribution in [0.15, 0.2) is 22.8 Å². The van der Waals surface area contributed by atoms with Crippen molar-refractivity contribution in [1.29, 1.82) is 0 Å². The van der Waals surface area contributed by atoms with Crippen molar-refractivity contribution in [2.75, 3.05) is 13.1 Å². The summed E-state index contributed by atoms with van der Waals surface area (Å²) in [4.78, 5) is 14.2. The number of carbonyl (C=O) groups is 1. The first kappa shape index (κ1) is 16.6. The van der Waals surface area contributed by atoms with Crippen LogP contribution in [0.1, 0.15) is 37.5 Å². The van der Waals surface area contributed by atoms with Crippen molar-refractivity contribution < 1.29 is 14.3 Å². The van der Waals surface area contributed by atoms with Crippen molar-refractivity contribution >= 4 is 16.9 Å². The van der Waals surface area contributed by atoms with Gasteiger partial charge < -0.3 is 14.4 Å². The second-order valence-electron chi connectivity index (χ2n) is 6.59. The number of benzene rings is 1. The molecule has 2 rings (SSSR count). The van der Waals surface area contributed by atoms with Gasteiger partial charge in [0.15, 0.2) is 0 Å². The molecule has 0 radical (unpaired) electrons. The van der Waals surface area contributed by atoms with E-state index in [0.717, 1.165) is 16.5 Å². The van der Waals surface area contributed by atoms with Crippen molar-refractivity contribution in [3.05, 3.63) is 35.1 Å². The number of hydrogen-bond acceptors (Lipinski definition) is 3. The fourth-order valence-corrected chi connectivity index (χ4v) is 2.59. The summed E-state index contributed by atoms with van der Waals surface area (Å²) in [6.07, 6.45) is 1.96. The van der Waals surface area contributed by atoms with Crippen LogP contribution in [0.3, 0.4) is 0 Å². The van der Waals surface area contributed by atoms with Gasteiger partial charge in [0.2, 0.25) is 5.91 Å². The van der Waals surface area contributed by atoms with Crippen molar-refractivity contribution in [3.8, 4) is 0 Å². The van der Waals surface area contributed by atoms with Gasteiger partial charge in [0.05, 0.1) is 18.3 Å². The highest BCUT2D eigenvalue weighted by Crippen LogP contribution is 2.25. The molecule has 0 spiro atoms. The Labute approximate surface area is 131 Å². The Bertz CT molecular complexity index is 679. The zero-order valence-electron chi connectivity index (χ0n) is 14.1. The van der Waals surface area contributed by atoms with Crippen LogP contribution in [-0.4, -0.2) is 34.6 Å². The molecule has 4 nitrogen and oxygen atoms in total. The fraction of sp³-hybridized carbons (Fsp3) is 0.500. The van der Waals surface area contributed by atoms with Gasteiger partial charge in [-0.25, -0.2) is 0 Å². The quantitative estimate of drug-likeness (QED) is 0.922. The third-order valence-corrected chi connectivity index (χ3v) is 3.92. The maximum atomic E-state index is 12.5. The predicted octanol–water partition coefficient (Wildman–Crippen LogP) is 3.21. The van der Waals surface area contributed by atoms with Gasteiger partial charge in [0, 0.05) is 24.0 Å². The van der Waals surface area contributed by atoms with E-state index < -0.39 is 5.60 Å². The largest absolute Gasteiger partial charge is 0.464 e. The molecule has 4 heteroatoms.